The Hall–Kier alpha value is -3.20. The van der Waals surface area contributed by atoms with E-state index in [1.807, 2.05) is 29.2 Å². The Morgan fingerprint density at radius 1 is 1.08 bits per heavy atom. The van der Waals surface area contributed by atoms with Gasteiger partial charge in [0.05, 0.1) is 26.6 Å². The van der Waals surface area contributed by atoms with Crippen LogP contribution in [0.1, 0.15) is 10.4 Å². The first kappa shape index (κ1) is 16.7. The average molecular weight is 357 g/mol. The highest BCUT2D eigenvalue weighted by atomic mass is 32.2. The number of hydrogen-bond acceptors (Lipinski definition) is 7. The lowest BCUT2D eigenvalue weighted by atomic mass is 10.1. The lowest BCUT2D eigenvalue weighted by Gasteiger charge is -2.12. The summed E-state index contributed by atoms with van der Waals surface area (Å²) in [6, 6.07) is 10.5. The van der Waals surface area contributed by atoms with Crippen LogP contribution in [0, 0.1) is 20.2 Å². The molecule has 25 heavy (non-hydrogen) atoms. The Balaban J connectivity index is 1.97. The van der Waals surface area contributed by atoms with Crippen molar-refractivity contribution in [2.75, 3.05) is 11.9 Å². The number of carbonyl (C=O) groups excluding carboxylic acids is 1. The highest BCUT2D eigenvalue weighted by Gasteiger charge is 2.24. The molecule has 9 heteroatoms. The summed E-state index contributed by atoms with van der Waals surface area (Å²) in [5.74, 6) is -0.533. The standard InChI is InChI=1S/C16H11N3O5S/c1-17-13-4-2-3-5-15(13)25-16(17)9-14(20)10-6-11(18(21)22)8-12(7-10)19(23)24/h2-9H,1H3. The Morgan fingerprint density at radius 2 is 1.68 bits per heavy atom. The van der Waals surface area contributed by atoms with Crippen LogP contribution < -0.4 is 4.90 Å². The minimum atomic E-state index is -0.761. The van der Waals surface area contributed by atoms with Crippen molar-refractivity contribution in [3.63, 3.8) is 0 Å². The third-order valence-electron chi connectivity index (χ3n) is 3.63. The number of carbonyl (C=O) groups is 1. The molecule has 2 aromatic rings. The molecule has 2 aromatic carbocycles. The maximum atomic E-state index is 12.5. The number of allylic oxidation sites excluding steroid dienone is 1. The molecule has 0 saturated heterocycles. The summed E-state index contributed by atoms with van der Waals surface area (Å²) in [6.45, 7) is 0. The van der Waals surface area contributed by atoms with Gasteiger partial charge in [-0.25, -0.2) is 0 Å². The van der Waals surface area contributed by atoms with E-state index in [9.17, 15) is 25.0 Å². The van der Waals surface area contributed by atoms with Crippen LogP contribution in [-0.4, -0.2) is 22.7 Å². The molecule has 0 saturated carbocycles. The van der Waals surface area contributed by atoms with Crippen molar-refractivity contribution < 1.29 is 14.6 Å². The van der Waals surface area contributed by atoms with Crippen LogP contribution in [0.2, 0.25) is 0 Å². The SMILES string of the molecule is CN1C(=CC(=O)c2cc([N+](=O)[O-])cc([N+](=O)[O-])c2)Sc2ccccc21. The number of fused-ring (bicyclic) bond motifs is 1. The summed E-state index contributed by atoms with van der Waals surface area (Å²) in [5, 5.41) is 22.5. The summed E-state index contributed by atoms with van der Waals surface area (Å²) >= 11 is 1.39. The molecule has 0 aliphatic carbocycles. The van der Waals surface area contributed by atoms with Gasteiger partial charge in [-0.2, -0.15) is 0 Å². The smallest absolute Gasteiger partial charge is 0.277 e. The number of rotatable bonds is 4. The minimum absolute atomic E-state index is 0.0987. The Bertz CT molecular complexity index is 909. The highest BCUT2D eigenvalue weighted by Crippen LogP contribution is 2.44. The number of non-ortho nitro benzene ring substituents is 2. The topological polar surface area (TPSA) is 107 Å². The van der Waals surface area contributed by atoms with Crippen LogP contribution in [0.4, 0.5) is 17.1 Å². The van der Waals surface area contributed by atoms with Crippen LogP contribution in [-0.2, 0) is 0 Å². The van der Waals surface area contributed by atoms with Gasteiger partial charge in [0, 0.05) is 35.7 Å². The number of nitrogens with zero attached hydrogens (tertiary/aromatic N) is 3. The molecule has 0 aromatic heterocycles. The molecule has 1 aliphatic rings. The summed E-state index contributed by atoms with van der Waals surface area (Å²) in [7, 11) is 1.80. The van der Waals surface area contributed by atoms with Gasteiger partial charge < -0.3 is 4.90 Å². The third kappa shape index (κ3) is 3.22. The molecule has 1 aliphatic heterocycles. The number of hydrogen-bond donors (Lipinski definition) is 0. The predicted octanol–water partition coefficient (Wildman–Crippen LogP) is 3.77. The molecule has 126 valence electrons. The second-order valence-electron chi connectivity index (χ2n) is 5.23. The summed E-state index contributed by atoms with van der Waals surface area (Å²) < 4.78 is 0. The molecule has 0 fully saturated rings. The van der Waals surface area contributed by atoms with Crippen LogP contribution >= 0.6 is 11.8 Å². The maximum Gasteiger partial charge on any atom is 0.277 e. The van der Waals surface area contributed by atoms with Gasteiger partial charge in [0.15, 0.2) is 5.78 Å². The van der Waals surface area contributed by atoms with E-state index < -0.39 is 27.0 Å². The largest absolute Gasteiger partial charge is 0.338 e. The van der Waals surface area contributed by atoms with Crippen molar-refractivity contribution in [1.82, 2.24) is 0 Å². The number of ketones is 1. The lowest BCUT2D eigenvalue weighted by molar-refractivity contribution is -0.394. The van der Waals surface area contributed by atoms with Gasteiger partial charge in [-0.1, -0.05) is 23.9 Å². The summed E-state index contributed by atoms with van der Waals surface area (Å²) in [6.07, 6.45) is 1.33. The number of anilines is 1. The van der Waals surface area contributed by atoms with Crippen LogP contribution in [0.5, 0.6) is 0 Å². The highest BCUT2D eigenvalue weighted by molar-refractivity contribution is 8.03. The summed E-state index contributed by atoms with van der Waals surface area (Å²) in [5.41, 5.74) is -0.145. The molecule has 0 radical (unpaired) electrons. The van der Waals surface area contributed by atoms with Crippen LogP contribution in [0.3, 0.4) is 0 Å². The van der Waals surface area contributed by atoms with E-state index in [0.29, 0.717) is 5.03 Å². The van der Waals surface area contributed by atoms with Crippen LogP contribution in [0.25, 0.3) is 0 Å². The number of benzene rings is 2. The quantitative estimate of drug-likeness (QED) is 0.355. The molecule has 0 unspecified atom stereocenters. The molecule has 0 N–H and O–H groups in total. The molecule has 3 rings (SSSR count). The fourth-order valence-corrected chi connectivity index (χ4v) is 3.47. The average Bonchev–Trinajstić information content (AvgIpc) is 2.90. The molecule has 1 heterocycles. The second-order valence-corrected chi connectivity index (χ2v) is 6.29. The van der Waals surface area contributed by atoms with Crippen molar-refractivity contribution >= 4 is 34.6 Å². The van der Waals surface area contributed by atoms with Gasteiger partial charge in [0.2, 0.25) is 0 Å². The predicted molar refractivity (Wildman–Crippen MR) is 92.9 cm³/mol. The second kappa shape index (κ2) is 6.36. The van der Waals surface area contributed by atoms with E-state index in [2.05, 4.69) is 0 Å². The molecule has 0 amide bonds. The Morgan fingerprint density at radius 3 is 2.24 bits per heavy atom. The van der Waals surface area contributed by atoms with Crippen molar-refractivity contribution in [2.24, 2.45) is 0 Å². The Kier molecular flexibility index (Phi) is 4.24. The first-order valence-electron chi connectivity index (χ1n) is 7.07. The summed E-state index contributed by atoms with van der Waals surface area (Å²) in [4.78, 5) is 35.6. The molecule has 0 spiro atoms. The fraction of sp³-hybridized carbons (Fsp3) is 0.0625. The van der Waals surface area contributed by atoms with Crippen molar-refractivity contribution in [1.29, 1.82) is 0 Å². The number of thioether (sulfide) groups is 1. The van der Waals surface area contributed by atoms with E-state index >= 15 is 0 Å². The van der Waals surface area contributed by atoms with E-state index in [1.54, 1.807) is 7.05 Å². The first-order chi connectivity index (χ1) is 11.9. The molecule has 0 bridgehead atoms. The van der Waals surface area contributed by atoms with E-state index in [0.717, 1.165) is 28.8 Å². The van der Waals surface area contributed by atoms with Crippen molar-refractivity contribution in [3.8, 4) is 0 Å². The zero-order chi connectivity index (χ0) is 18.1. The normalized spacial score (nSPS) is 14.4. The maximum absolute atomic E-state index is 12.5. The molecule has 0 atom stereocenters. The van der Waals surface area contributed by atoms with Gasteiger partial charge in [-0.15, -0.1) is 0 Å². The van der Waals surface area contributed by atoms with Gasteiger partial charge in [-0.3, -0.25) is 25.0 Å². The van der Waals surface area contributed by atoms with E-state index in [-0.39, 0.29) is 5.56 Å². The molecular weight excluding hydrogens is 346 g/mol. The number of nitro groups is 2. The Labute approximate surface area is 146 Å². The minimum Gasteiger partial charge on any atom is -0.338 e. The monoisotopic (exact) mass is 357 g/mol. The molecular formula is C16H11N3O5S. The van der Waals surface area contributed by atoms with Gasteiger partial charge in [-0.05, 0) is 12.1 Å². The first-order valence-corrected chi connectivity index (χ1v) is 7.89. The van der Waals surface area contributed by atoms with Crippen molar-refractivity contribution in [2.45, 2.75) is 4.90 Å². The van der Waals surface area contributed by atoms with E-state index in [4.69, 9.17) is 0 Å². The van der Waals surface area contributed by atoms with Gasteiger partial charge >= 0.3 is 0 Å². The van der Waals surface area contributed by atoms with Gasteiger partial charge in [0.25, 0.3) is 11.4 Å². The van der Waals surface area contributed by atoms with Crippen LogP contribution in [0.15, 0.2) is 58.5 Å². The van der Waals surface area contributed by atoms with Gasteiger partial charge in [0.1, 0.15) is 0 Å². The molecule has 8 nitrogen and oxygen atoms in total. The zero-order valence-corrected chi connectivity index (χ0v) is 13.7. The van der Waals surface area contributed by atoms with E-state index in [1.165, 1.54) is 17.8 Å². The van der Waals surface area contributed by atoms with Crippen molar-refractivity contribution in [3.05, 3.63) is 79.4 Å². The third-order valence-corrected chi connectivity index (χ3v) is 4.80. The zero-order valence-electron chi connectivity index (χ0n) is 12.9. The number of nitro benzene ring substituents is 2. The number of para-hydroxylation sites is 1. The fourth-order valence-electron chi connectivity index (χ4n) is 2.39. The lowest BCUT2D eigenvalue weighted by Crippen LogP contribution is -2.11.